The highest BCUT2D eigenvalue weighted by Gasteiger charge is 2.19. The van der Waals surface area contributed by atoms with Gasteiger partial charge in [0, 0.05) is 29.7 Å². The highest BCUT2D eigenvalue weighted by atomic mass is 16.3. The number of phenols is 1. The minimum atomic E-state index is -0.542. The lowest BCUT2D eigenvalue weighted by Crippen LogP contribution is -2.12. The standard InChI is InChI=1S/C27H19N7O3/c1-28-22-11-14-34(27-29-12-4-13-30-27)25(22)33-32-23-20-6-3-2-5-18(20)15-21(24(23)36)26(37)31-19-9-7-17(16-35)8-10-19/h2-15,35-36H,16H2,(H,31,37). The molecule has 0 saturated carbocycles. The molecule has 37 heavy (non-hydrogen) atoms. The normalized spacial score (nSPS) is 11.0. The van der Waals surface area contributed by atoms with Crippen molar-refractivity contribution >= 4 is 39.6 Å². The fourth-order valence-corrected chi connectivity index (χ4v) is 3.76. The van der Waals surface area contributed by atoms with E-state index in [4.69, 9.17) is 6.57 Å². The maximum Gasteiger partial charge on any atom is 0.259 e. The van der Waals surface area contributed by atoms with Crippen LogP contribution in [0.1, 0.15) is 15.9 Å². The Kier molecular flexibility index (Phi) is 6.35. The number of aliphatic hydroxyl groups is 1. The van der Waals surface area contributed by atoms with Crippen LogP contribution >= 0.6 is 0 Å². The molecule has 5 rings (SSSR count). The Hall–Kier alpha value is -5.40. The van der Waals surface area contributed by atoms with Crippen LogP contribution in [0.4, 0.5) is 22.9 Å². The summed E-state index contributed by atoms with van der Waals surface area (Å²) in [6, 6.07) is 18.7. The van der Waals surface area contributed by atoms with Crippen LogP contribution in [0.3, 0.4) is 0 Å². The minimum Gasteiger partial charge on any atom is -0.505 e. The van der Waals surface area contributed by atoms with Gasteiger partial charge in [0.2, 0.25) is 11.6 Å². The number of carbonyl (C=O) groups is 1. The number of phenolic OH excluding ortho intramolecular Hbond substituents is 1. The molecule has 3 aromatic carbocycles. The number of azo groups is 1. The zero-order valence-corrected chi connectivity index (χ0v) is 19.3. The summed E-state index contributed by atoms with van der Waals surface area (Å²) >= 11 is 0. The van der Waals surface area contributed by atoms with Gasteiger partial charge in [-0.1, -0.05) is 36.4 Å². The van der Waals surface area contributed by atoms with Gasteiger partial charge in [-0.2, -0.15) is 0 Å². The Morgan fingerprint density at radius 2 is 1.78 bits per heavy atom. The number of fused-ring (bicyclic) bond motifs is 1. The second-order valence-corrected chi connectivity index (χ2v) is 7.91. The number of amides is 1. The summed E-state index contributed by atoms with van der Waals surface area (Å²) in [7, 11) is 0. The number of nitrogens with one attached hydrogen (secondary N) is 1. The van der Waals surface area contributed by atoms with E-state index in [1.54, 1.807) is 79.3 Å². The molecule has 0 aliphatic carbocycles. The molecule has 0 aliphatic rings. The number of hydrogen-bond donors (Lipinski definition) is 3. The van der Waals surface area contributed by atoms with Crippen molar-refractivity contribution in [2.45, 2.75) is 6.61 Å². The Morgan fingerprint density at radius 3 is 2.51 bits per heavy atom. The van der Waals surface area contributed by atoms with Crippen LogP contribution in [0.25, 0.3) is 21.6 Å². The lowest BCUT2D eigenvalue weighted by Gasteiger charge is -2.11. The van der Waals surface area contributed by atoms with Crippen LogP contribution in [0.5, 0.6) is 5.75 Å². The van der Waals surface area contributed by atoms with E-state index in [-0.39, 0.29) is 35.1 Å². The van der Waals surface area contributed by atoms with Gasteiger partial charge >= 0.3 is 0 Å². The van der Waals surface area contributed by atoms with Crippen molar-refractivity contribution in [3.8, 4) is 11.7 Å². The van der Waals surface area contributed by atoms with Crippen molar-refractivity contribution in [2.24, 2.45) is 10.2 Å². The predicted molar refractivity (Wildman–Crippen MR) is 138 cm³/mol. The van der Waals surface area contributed by atoms with Gasteiger partial charge in [-0.3, -0.25) is 9.36 Å². The fraction of sp³-hybridized carbons (Fsp3) is 0.0370. The highest BCUT2D eigenvalue weighted by molar-refractivity contribution is 6.11. The average Bonchev–Trinajstić information content (AvgIpc) is 3.36. The molecule has 1 amide bonds. The van der Waals surface area contributed by atoms with Gasteiger partial charge in [0.05, 0.1) is 18.7 Å². The van der Waals surface area contributed by atoms with E-state index in [2.05, 4.69) is 30.4 Å². The zero-order chi connectivity index (χ0) is 25.8. The van der Waals surface area contributed by atoms with E-state index < -0.39 is 5.91 Å². The van der Waals surface area contributed by atoms with Crippen molar-refractivity contribution in [1.82, 2.24) is 14.5 Å². The van der Waals surface area contributed by atoms with E-state index in [1.807, 2.05) is 6.07 Å². The third-order valence-corrected chi connectivity index (χ3v) is 5.61. The lowest BCUT2D eigenvalue weighted by molar-refractivity contribution is 0.102. The van der Waals surface area contributed by atoms with Crippen LogP contribution in [-0.4, -0.2) is 30.7 Å². The first kappa shape index (κ1) is 23.3. The van der Waals surface area contributed by atoms with Gasteiger partial charge < -0.3 is 15.5 Å². The SMILES string of the molecule is [C-]#[N+]c1ccn(-c2ncccn2)c1N=Nc1c(O)c(C(=O)Nc2ccc(CO)cc2)cc2ccccc12. The Balaban J connectivity index is 1.58. The Bertz CT molecular complexity index is 1670. The molecule has 0 bridgehead atoms. The van der Waals surface area contributed by atoms with Gasteiger partial charge in [0.25, 0.3) is 5.91 Å². The van der Waals surface area contributed by atoms with Crippen molar-refractivity contribution in [3.63, 3.8) is 0 Å². The van der Waals surface area contributed by atoms with E-state index >= 15 is 0 Å². The van der Waals surface area contributed by atoms with Crippen molar-refractivity contribution in [2.75, 3.05) is 5.32 Å². The monoisotopic (exact) mass is 489 g/mol. The molecule has 3 N–H and O–H groups in total. The molecule has 0 radical (unpaired) electrons. The van der Waals surface area contributed by atoms with Gasteiger partial charge in [-0.05, 0) is 41.3 Å². The van der Waals surface area contributed by atoms with Gasteiger partial charge in [-0.15, -0.1) is 10.2 Å². The second kappa shape index (κ2) is 10.1. The molecule has 0 spiro atoms. The molecule has 0 atom stereocenters. The van der Waals surface area contributed by atoms with Crippen LogP contribution in [0.15, 0.2) is 95.5 Å². The Labute approximate surface area is 211 Å². The average molecular weight is 489 g/mol. The predicted octanol–water partition coefficient (Wildman–Crippen LogP) is 5.84. The van der Waals surface area contributed by atoms with E-state index in [9.17, 15) is 15.0 Å². The number of nitrogens with zero attached hydrogens (tertiary/aromatic N) is 6. The number of anilines is 1. The van der Waals surface area contributed by atoms with E-state index in [0.717, 1.165) is 0 Å². The molecule has 0 fully saturated rings. The van der Waals surface area contributed by atoms with Crippen molar-refractivity contribution < 1.29 is 15.0 Å². The van der Waals surface area contributed by atoms with Crippen molar-refractivity contribution in [1.29, 1.82) is 0 Å². The smallest absolute Gasteiger partial charge is 0.259 e. The first-order valence-corrected chi connectivity index (χ1v) is 11.1. The third-order valence-electron chi connectivity index (χ3n) is 5.61. The molecule has 2 heterocycles. The van der Waals surface area contributed by atoms with Crippen LogP contribution in [-0.2, 0) is 6.61 Å². The van der Waals surface area contributed by atoms with Gasteiger partial charge in [0.15, 0.2) is 11.6 Å². The maximum absolute atomic E-state index is 13.1. The number of rotatable bonds is 6. The van der Waals surface area contributed by atoms with Gasteiger partial charge in [0.1, 0.15) is 5.69 Å². The summed E-state index contributed by atoms with van der Waals surface area (Å²) in [6.45, 7) is 7.38. The second-order valence-electron chi connectivity index (χ2n) is 7.91. The molecule has 0 saturated heterocycles. The molecule has 0 unspecified atom stereocenters. The van der Waals surface area contributed by atoms with Crippen LogP contribution < -0.4 is 5.32 Å². The van der Waals surface area contributed by atoms with E-state index in [1.165, 1.54) is 4.57 Å². The lowest BCUT2D eigenvalue weighted by atomic mass is 10.0. The van der Waals surface area contributed by atoms with Gasteiger partial charge in [-0.25, -0.2) is 14.8 Å². The Morgan fingerprint density at radius 1 is 1.03 bits per heavy atom. The summed E-state index contributed by atoms with van der Waals surface area (Å²) in [5.41, 5.74) is 1.52. The number of aromatic hydroxyl groups is 1. The number of aliphatic hydroxyl groups excluding tert-OH is 1. The summed E-state index contributed by atoms with van der Waals surface area (Å²) in [5.74, 6) is -0.408. The summed E-state index contributed by atoms with van der Waals surface area (Å²) < 4.78 is 1.52. The summed E-state index contributed by atoms with van der Waals surface area (Å²) in [5, 5.41) is 32.9. The molecule has 2 aromatic heterocycles. The van der Waals surface area contributed by atoms with Crippen LogP contribution in [0.2, 0.25) is 0 Å². The summed E-state index contributed by atoms with van der Waals surface area (Å²) in [6.07, 6.45) is 4.75. The molecule has 0 aliphatic heterocycles. The minimum absolute atomic E-state index is 0.00561. The van der Waals surface area contributed by atoms with E-state index in [0.29, 0.717) is 28.0 Å². The molecule has 10 heteroatoms. The molecular weight excluding hydrogens is 470 g/mol. The van der Waals surface area contributed by atoms with Crippen LogP contribution in [0, 0.1) is 6.57 Å². The number of benzene rings is 3. The van der Waals surface area contributed by atoms with Crippen molar-refractivity contribution in [3.05, 3.63) is 108 Å². The first-order valence-electron chi connectivity index (χ1n) is 11.1. The topological polar surface area (TPSA) is 129 Å². The molecular formula is C27H19N7O3. The molecule has 5 aromatic rings. The molecule has 10 nitrogen and oxygen atoms in total. The number of carbonyl (C=O) groups excluding carboxylic acids is 1. The zero-order valence-electron chi connectivity index (χ0n) is 19.3. The number of hydrogen-bond acceptors (Lipinski definition) is 7. The highest BCUT2D eigenvalue weighted by Crippen LogP contribution is 2.41. The maximum atomic E-state index is 13.1. The fourth-order valence-electron chi connectivity index (χ4n) is 3.76. The number of aromatic nitrogens is 3. The summed E-state index contributed by atoms with van der Waals surface area (Å²) in [4.78, 5) is 25.0. The largest absolute Gasteiger partial charge is 0.505 e. The first-order chi connectivity index (χ1) is 18.1. The quantitative estimate of drug-likeness (QED) is 0.204. The third kappa shape index (κ3) is 4.62. The molecule has 180 valence electrons.